The maximum Gasteiger partial charge on any atom is 0.0811 e. The Bertz CT molecular complexity index is 668. The molecule has 0 aliphatic heterocycles. The monoisotopic (exact) mass is 416 g/mol. The number of unbranched alkanes of at least 4 members (excludes halogenated alkanes) is 2. The normalized spacial score (nSPS) is 37.7. The molecule has 0 radical (unpaired) electrons. The van der Waals surface area contributed by atoms with Gasteiger partial charge in [0.15, 0.2) is 0 Å². The average Bonchev–Trinajstić information content (AvgIpc) is 3.06. The predicted molar refractivity (Wildman–Crippen MR) is 124 cm³/mol. The second-order valence-corrected chi connectivity index (χ2v) is 11.2. The topological polar surface area (TPSA) is 60.7 Å². The summed E-state index contributed by atoms with van der Waals surface area (Å²) in [5.74, 6) is 1.49. The van der Waals surface area contributed by atoms with Crippen molar-refractivity contribution in [1.29, 1.82) is 0 Å². The minimum atomic E-state index is -0.609. The summed E-state index contributed by atoms with van der Waals surface area (Å²) in [5, 5.41) is 30.0. The smallest absolute Gasteiger partial charge is 0.0811 e. The van der Waals surface area contributed by atoms with E-state index in [0.717, 1.165) is 29.9 Å². The minimum absolute atomic E-state index is 0.408. The molecule has 3 fully saturated rings. The standard InChI is InChI=1S/C27H44O3/c1-19-21(17-23(28)18-25(19)29)12-11-20-13-14-22(27(4)16-8-10-24(20)27)9-6-5-7-15-26(2,3)30/h11-12,22-25,28-30H,1,5-10,13-18H2,2-4H3/b20-11+,21-12-/t22-,23-,24+,25+,27+/m1/s1. The zero-order valence-electron chi connectivity index (χ0n) is 19.5. The van der Waals surface area contributed by atoms with Crippen molar-refractivity contribution < 1.29 is 15.3 Å². The molecule has 30 heavy (non-hydrogen) atoms. The van der Waals surface area contributed by atoms with Crippen LogP contribution in [0.5, 0.6) is 0 Å². The fraction of sp³-hybridized carbons (Fsp3) is 0.778. The molecule has 0 aromatic carbocycles. The second-order valence-electron chi connectivity index (χ2n) is 11.2. The van der Waals surface area contributed by atoms with E-state index in [1.54, 1.807) is 5.57 Å². The molecular formula is C27H44O3. The lowest BCUT2D eigenvalue weighted by Gasteiger charge is -2.45. The van der Waals surface area contributed by atoms with Crippen LogP contribution in [-0.2, 0) is 0 Å². The number of hydrogen-bond donors (Lipinski definition) is 3. The molecule has 0 heterocycles. The minimum Gasteiger partial charge on any atom is -0.393 e. The van der Waals surface area contributed by atoms with E-state index in [2.05, 4.69) is 25.7 Å². The maximum absolute atomic E-state index is 10.1. The van der Waals surface area contributed by atoms with Gasteiger partial charge in [0.25, 0.3) is 0 Å². The molecule has 0 aromatic heterocycles. The van der Waals surface area contributed by atoms with Crippen LogP contribution in [0.15, 0.2) is 35.5 Å². The van der Waals surface area contributed by atoms with Gasteiger partial charge in [-0.25, -0.2) is 0 Å². The number of fused-ring (bicyclic) bond motifs is 1. The van der Waals surface area contributed by atoms with E-state index in [1.165, 1.54) is 51.4 Å². The highest BCUT2D eigenvalue weighted by atomic mass is 16.3. The molecule has 0 saturated heterocycles. The van der Waals surface area contributed by atoms with Gasteiger partial charge in [0.2, 0.25) is 0 Å². The van der Waals surface area contributed by atoms with Crippen LogP contribution in [0.1, 0.15) is 97.8 Å². The molecule has 0 amide bonds. The van der Waals surface area contributed by atoms with Crippen molar-refractivity contribution in [2.75, 3.05) is 0 Å². The number of aliphatic hydroxyl groups is 3. The summed E-state index contributed by atoms with van der Waals surface area (Å²) in [6.07, 6.45) is 16.7. The summed E-state index contributed by atoms with van der Waals surface area (Å²) in [4.78, 5) is 0. The quantitative estimate of drug-likeness (QED) is 0.456. The Balaban J connectivity index is 1.61. The fourth-order valence-electron chi connectivity index (χ4n) is 6.40. The molecule has 3 saturated carbocycles. The molecule has 3 rings (SSSR count). The van der Waals surface area contributed by atoms with Gasteiger partial charge in [-0.2, -0.15) is 0 Å². The molecular weight excluding hydrogens is 372 g/mol. The van der Waals surface area contributed by atoms with Crippen LogP contribution in [0.25, 0.3) is 0 Å². The Labute approximate surface area is 184 Å². The molecule has 3 N–H and O–H groups in total. The van der Waals surface area contributed by atoms with E-state index in [9.17, 15) is 15.3 Å². The van der Waals surface area contributed by atoms with E-state index in [1.807, 2.05) is 13.8 Å². The van der Waals surface area contributed by atoms with Gasteiger partial charge in [-0.05, 0) is 87.2 Å². The zero-order valence-corrected chi connectivity index (χ0v) is 19.5. The fourth-order valence-corrected chi connectivity index (χ4v) is 6.40. The summed E-state index contributed by atoms with van der Waals surface area (Å²) in [6, 6.07) is 0. The molecule has 0 unspecified atom stereocenters. The Morgan fingerprint density at radius 3 is 2.63 bits per heavy atom. The van der Waals surface area contributed by atoms with Crippen LogP contribution in [0.4, 0.5) is 0 Å². The van der Waals surface area contributed by atoms with Crippen molar-refractivity contribution in [1.82, 2.24) is 0 Å². The van der Waals surface area contributed by atoms with Crippen molar-refractivity contribution in [2.45, 2.75) is 116 Å². The summed E-state index contributed by atoms with van der Waals surface area (Å²) in [5.41, 5.74) is 3.26. The Morgan fingerprint density at radius 2 is 1.90 bits per heavy atom. The van der Waals surface area contributed by atoms with E-state index >= 15 is 0 Å². The predicted octanol–water partition coefficient (Wildman–Crippen LogP) is 5.85. The van der Waals surface area contributed by atoms with Crippen LogP contribution in [0, 0.1) is 17.3 Å². The molecule has 3 aliphatic rings. The van der Waals surface area contributed by atoms with Crippen LogP contribution < -0.4 is 0 Å². The highest BCUT2D eigenvalue weighted by Crippen LogP contribution is 2.58. The van der Waals surface area contributed by atoms with Gasteiger partial charge in [0.1, 0.15) is 0 Å². The van der Waals surface area contributed by atoms with Crippen molar-refractivity contribution in [2.24, 2.45) is 17.3 Å². The van der Waals surface area contributed by atoms with Gasteiger partial charge in [0, 0.05) is 6.42 Å². The number of aliphatic hydroxyl groups excluding tert-OH is 2. The Morgan fingerprint density at radius 1 is 1.13 bits per heavy atom. The van der Waals surface area contributed by atoms with Crippen LogP contribution in [0.2, 0.25) is 0 Å². The maximum atomic E-state index is 10.1. The SMILES string of the molecule is C=C1/C(=C\C=C2/CC[C@@H](CCCCCC(C)(C)O)[C@]3(C)CCC[C@@H]23)C[C@@H](O)C[C@@H]1O. The Hall–Kier alpha value is -0.900. The third-order valence-electron chi connectivity index (χ3n) is 8.27. The summed E-state index contributed by atoms with van der Waals surface area (Å²) in [7, 11) is 0. The third kappa shape index (κ3) is 5.66. The summed E-state index contributed by atoms with van der Waals surface area (Å²) >= 11 is 0. The van der Waals surface area contributed by atoms with Crippen LogP contribution >= 0.6 is 0 Å². The van der Waals surface area contributed by atoms with Gasteiger partial charge in [-0.15, -0.1) is 0 Å². The molecule has 170 valence electrons. The van der Waals surface area contributed by atoms with E-state index in [0.29, 0.717) is 24.2 Å². The first kappa shape index (κ1) is 23.8. The first-order valence-electron chi connectivity index (χ1n) is 12.3. The number of rotatable bonds is 7. The van der Waals surface area contributed by atoms with Crippen molar-refractivity contribution in [3.8, 4) is 0 Å². The molecule has 5 atom stereocenters. The van der Waals surface area contributed by atoms with Gasteiger partial charge in [-0.1, -0.05) is 56.9 Å². The van der Waals surface area contributed by atoms with Crippen molar-refractivity contribution >= 4 is 0 Å². The molecule has 0 aromatic rings. The zero-order chi connectivity index (χ0) is 21.9. The van der Waals surface area contributed by atoms with Crippen molar-refractivity contribution in [3.05, 3.63) is 35.5 Å². The van der Waals surface area contributed by atoms with Crippen LogP contribution in [0.3, 0.4) is 0 Å². The Kier molecular flexibility index (Phi) is 7.69. The van der Waals surface area contributed by atoms with E-state index < -0.39 is 17.8 Å². The molecule has 3 heteroatoms. The van der Waals surface area contributed by atoms with Crippen LogP contribution in [-0.4, -0.2) is 33.1 Å². The molecule has 0 bridgehead atoms. The second kappa shape index (κ2) is 9.71. The third-order valence-corrected chi connectivity index (χ3v) is 8.27. The van der Waals surface area contributed by atoms with Gasteiger partial charge >= 0.3 is 0 Å². The first-order valence-corrected chi connectivity index (χ1v) is 12.3. The number of allylic oxidation sites excluding steroid dienone is 3. The lowest BCUT2D eigenvalue weighted by Crippen LogP contribution is -2.36. The lowest BCUT2D eigenvalue weighted by molar-refractivity contribution is 0.0664. The molecule has 3 aliphatic carbocycles. The van der Waals surface area contributed by atoms with Gasteiger partial charge in [0.05, 0.1) is 17.8 Å². The van der Waals surface area contributed by atoms with Gasteiger partial charge < -0.3 is 15.3 Å². The van der Waals surface area contributed by atoms with E-state index in [4.69, 9.17) is 0 Å². The average molecular weight is 417 g/mol. The highest BCUT2D eigenvalue weighted by molar-refractivity contribution is 5.38. The highest BCUT2D eigenvalue weighted by Gasteiger charge is 2.48. The molecule has 0 spiro atoms. The first-order chi connectivity index (χ1) is 14.1. The summed E-state index contributed by atoms with van der Waals surface area (Å²) < 4.78 is 0. The largest absolute Gasteiger partial charge is 0.393 e. The van der Waals surface area contributed by atoms with Crippen molar-refractivity contribution in [3.63, 3.8) is 0 Å². The summed E-state index contributed by atoms with van der Waals surface area (Å²) in [6.45, 7) is 10.4. The lowest BCUT2D eigenvalue weighted by atomic mass is 9.59. The van der Waals surface area contributed by atoms with E-state index in [-0.39, 0.29) is 0 Å². The van der Waals surface area contributed by atoms with Gasteiger partial charge in [-0.3, -0.25) is 0 Å². The molecule has 3 nitrogen and oxygen atoms in total. The number of hydrogen-bond acceptors (Lipinski definition) is 3.